The van der Waals surface area contributed by atoms with Crippen molar-refractivity contribution in [1.29, 1.82) is 0 Å². The minimum Gasteiger partial charge on any atom is -0.339 e. The third-order valence-corrected chi connectivity index (χ3v) is 4.66. The van der Waals surface area contributed by atoms with E-state index in [4.69, 9.17) is 0 Å². The topological polar surface area (TPSA) is 75.7 Å². The minimum atomic E-state index is -0.297. The van der Waals surface area contributed by atoms with Gasteiger partial charge in [-0.05, 0) is 26.1 Å². The van der Waals surface area contributed by atoms with E-state index in [0.29, 0.717) is 24.0 Å². The molecule has 2 aromatic heterocycles. The summed E-state index contributed by atoms with van der Waals surface area (Å²) in [5.41, 5.74) is 0.126. The predicted octanol–water partition coefficient (Wildman–Crippen LogP) is -0.310. The van der Waals surface area contributed by atoms with E-state index in [1.807, 2.05) is 19.0 Å². The van der Waals surface area contributed by atoms with Crippen molar-refractivity contribution in [3.63, 3.8) is 0 Å². The van der Waals surface area contributed by atoms with Crippen LogP contribution in [0.3, 0.4) is 0 Å². The zero-order valence-corrected chi connectivity index (χ0v) is 13.7. The van der Waals surface area contributed by atoms with Crippen molar-refractivity contribution in [2.45, 2.75) is 25.9 Å². The largest absolute Gasteiger partial charge is 0.339 e. The second-order valence-corrected chi connectivity index (χ2v) is 6.25. The van der Waals surface area contributed by atoms with Crippen molar-refractivity contribution in [2.75, 3.05) is 27.2 Å². The number of hydrogen-bond acceptors (Lipinski definition) is 5. The van der Waals surface area contributed by atoms with E-state index in [-0.39, 0.29) is 18.0 Å². The van der Waals surface area contributed by atoms with Crippen molar-refractivity contribution in [1.82, 2.24) is 29.2 Å². The first kappa shape index (κ1) is 15.7. The van der Waals surface area contributed by atoms with Gasteiger partial charge in [-0.1, -0.05) is 13.3 Å². The average molecular weight is 318 g/mol. The number of likely N-dealkylation sites (N-methyl/N-ethyl adjacent to an activating group) is 1. The Bertz CT molecular complexity index is 765. The molecule has 3 heterocycles. The smallest absolute Gasteiger partial charge is 0.293 e. The minimum absolute atomic E-state index is 0.0307. The second-order valence-electron chi connectivity index (χ2n) is 6.25. The van der Waals surface area contributed by atoms with Crippen LogP contribution < -0.4 is 5.56 Å². The third-order valence-electron chi connectivity index (χ3n) is 4.66. The molecule has 1 saturated heterocycles. The van der Waals surface area contributed by atoms with Crippen molar-refractivity contribution >= 4 is 11.4 Å². The van der Waals surface area contributed by atoms with Crippen LogP contribution in [-0.2, 0) is 11.3 Å². The lowest BCUT2D eigenvalue weighted by Gasteiger charge is -2.23. The van der Waals surface area contributed by atoms with Crippen LogP contribution >= 0.6 is 0 Å². The molecule has 8 nitrogen and oxygen atoms in total. The molecule has 1 amide bonds. The van der Waals surface area contributed by atoms with E-state index in [1.54, 1.807) is 12.3 Å². The van der Waals surface area contributed by atoms with Crippen LogP contribution in [0.2, 0.25) is 0 Å². The molecular weight excluding hydrogens is 296 g/mol. The highest BCUT2D eigenvalue weighted by Crippen LogP contribution is 2.23. The number of carbonyl (C=O) groups is 1. The van der Waals surface area contributed by atoms with Crippen LogP contribution in [0.4, 0.5) is 0 Å². The molecule has 1 aliphatic rings. The van der Waals surface area contributed by atoms with Gasteiger partial charge in [0.25, 0.3) is 5.56 Å². The molecule has 0 spiro atoms. The molecule has 0 radical (unpaired) electrons. The van der Waals surface area contributed by atoms with Gasteiger partial charge in [0.15, 0.2) is 0 Å². The number of carbonyl (C=O) groups excluding carboxylic acids is 1. The van der Waals surface area contributed by atoms with E-state index in [0.717, 1.165) is 13.0 Å². The molecule has 0 aromatic carbocycles. The van der Waals surface area contributed by atoms with Crippen molar-refractivity contribution < 1.29 is 4.79 Å². The fourth-order valence-corrected chi connectivity index (χ4v) is 3.26. The Kier molecular flexibility index (Phi) is 4.16. The number of nitrogens with zero attached hydrogens (tertiary/aromatic N) is 6. The molecule has 124 valence electrons. The molecule has 8 heteroatoms. The van der Waals surface area contributed by atoms with Gasteiger partial charge in [-0.2, -0.15) is 10.2 Å². The maximum Gasteiger partial charge on any atom is 0.293 e. The fraction of sp³-hybridized carbons (Fsp3) is 0.600. The zero-order valence-electron chi connectivity index (χ0n) is 13.7. The molecule has 0 bridgehead atoms. The summed E-state index contributed by atoms with van der Waals surface area (Å²) in [6.07, 6.45) is 4.02. The summed E-state index contributed by atoms with van der Waals surface area (Å²) >= 11 is 0. The van der Waals surface area contributed by atoms with Crippen molar-refractivity contribution in [2.24, 2.45) is 5.92 Å². The van der Waals surface area contributed by atoms with Gasteiger partial charge in [0.1, 0.15) is 18.4 Å². The summed E-state index contributed by atoms with van der Waals surface area (Å²) in [6.45, 7) is 3.56. The van der Waals surface area contributed by atoms with Crippen molar-refractivity contribution in [3.05, 3.63) is 28.9 Å². The predicted molar refractivity (Wildman–Crippen MR) is 85.1 cm³/mol. The van der Waals surface area contributed by atoms with Gasteiger partial charge >= 0.3 is 0 Å². The Morgan fingerprint density at radius 3 is 2.78 bits per heavy atom. The Balaban J connectivity index is 1.76. The Morgan fingerprint density at radius 2 is 2.13 bits per heavy atom. The lowest BCUT2D eigenvalue weighted by Crippen LogP contribution is -2.39. The van der Waals surface area contributed by atoms with E-state index < -0.39 is 0 Å². The van der Waals surface area contributed by atoms with Crippen LogP contribution in [0.15, 0.2) is 23.4 Å². The molecule has 0 N–H and O–H groups in total. The van der Waals surface area contributed by atoms with Gasteiger partial charge in [-0.15, -0.1) is 0 Å². The highest BCUT2D eigenvalue weighted by Gasteiger charge is 2.35. The van der Waals surface area contributed by atoms with Gasteiger partial charge in [0, 0.05) is 19.1 Å². The third kappa shape index (κ3) is 2.86. The molecule has 2 aromatic rings. The number of hydrogen-bond donors (Lipinski definition) is 0. The molecule has 3 rings (SSSR count). The average Bonchev–Trinajstić information content (AvgIpc) is 3.16. The quantitative estimate of drug-likeness (QED) is 0.773. The SMILES string of the molecule is CC[C@@H]1CN(C(=O)Cn2ncn3nccc3c2=O)C[C@@H]1N(C)C. The van der Waals surface area contributed by atoms with Crippen LogP contribution in [0, 0.1) is 5.92 Å². The maximum absolute atomic E-state index is 12.6. The van der Waals surface area contributed by atoms with Crippen LogP contribution in [0.1, 0.15) is 13.3 Å². The number of rotatable bonds is 4. The second kappa shape index (κ2) is 6.11. The van der Waals surface area contributed by atoms with E-state index in [1.165, 1.54) is 15.5 Å². The summed E-state index contributed by atoms with van der Waals surface area (Å²) in [7, 11) is 4.09. The standard InChI is InChI=1S/C15H22N6O2/c1-4-11-7-19(8-13(11)18(2)3)14(22)9-20-15(23)12-5-6-16-21(12)10-17-20/h5-6,10-11,13H,4,7-9H2,1-3H3/t11-,13+/m1/s1. The molecule has 0 saturated carbocycles. The molecule has 2 atom stereocenters. The van der Waals surface area contributed by atoms with Gasteiger partial charge in [-0.25, -0.2) is 9.20 Å². The first-order valence-electron chi connectivity index (χ1n) is 7.85. The Labute approximate surface area is 134 Å². The molecule has 1 fully saturated rings. The van der Waals surface area contributed by atoms with E-state index >= 15 is 0 Å². The summed E-state index contributed by atoms with van der Waals surface area (Å²) in [4.78, 5) is 28.9. The first-order chi connectivity index (χ1) is 11.0. The normalized spacial score (nSPS) is 21.5. The number of amides is 1. The number of fused-ring (bicyclic) bond motifs is 1. The van der Waals surface area contributed by atoms with Crippen molar-refractivity contribution in [3.8, 4) is 0 Å². The molecule has 0 aliphatic carbocycles. The zero-order chi connectivity index (χ0) is 16.6. The maximum atomic E-state index is 12.6. The first-order valence-corrected chi connectivity index (χ1v) is 7.85. The summed E-state index contributed by atoms with van der Waals surface area (Å²) in [5.74, 6) is 0.405. The lowest BCUT2D eigenvalue weighted by molar-refractivity contribution is -0.131. The Morgan fingerprint density at radius 1 is 1.35 bits per heavy atom. The molecule has 23 heavy (non-hydrogen) atoms. The highest BCUT2D eigenvalue weighted by molar-refractivity contribution is 5.76. The van der Waals surface area contributed by atoms with Gasteiger partial charge < -0.3 is 9.80 Å². The summed E-state index contributed by atoms with van der Waals surface area (Å²) < 4.78 is 2.62. The number of likely N-dealkylation sites (tertiary alicyclic amines) is 1. The van der Waals surface area contributed by atoms with Gasteiger partial charge in [0.2, 0.25) is 5.91 Å². The lowest BCUT2D eigenvalue weighted by atomic mass is 10.0. The summed E-state index contributed by atoms with van der Waals surface area (Å²) in [5, 5.41) is 8.00. The monoisotopic (exact) mass is 318 g/mol. The fourth-order valence-electron chi connectivity index (χ4n) is 3.26. The molecular formula is C15H22N6O2. The van der Waals surface area contributed by atoms with Crippen LogP contribution in [0.5, 0.6) is 0 Å². The van der Waals surface area contributed by atoms with E-state index in [9.17, 15) is 9.59 Å². The Hall–Kier alpha value is -2.22. The summed E-state index contributed by atoms with van der Waals surface area (Å²) in [6, 6.07) is 1.99. The van der Waals surface area contributed by atoms with Crippen LogP contribution in [0.25, 0.3) is 5.52 Å². The molecule has 1 aliphatic heterocycles. The molecule has 0 unspecified atom stereocenters. The van der Waals surface area contributed by atoms with Gasteiger partial charge in [0.05, 0.1) is 6.20 Å². The van der Waals surface area contributed by atoms with Gasteiger partial charge in [-0.3, -0.25) is 9.59 Å². The van der Waals surface area contributed by atoms with Crippen LogP contribution in [-0.4, -0.2) is 68.3 Å². The highest BCUT2D eigenvalue weighted by atomic mass is 16.2. The number of aromatic nitrogens is 4. The van der Waals surface area contributed by atoms with E-state index in [2.05, 4.69) is 22.0 Å².